The van der Waals surface area contributed by atoms with E-state index < -0.39 is 0 Å². The van der Waals surface area contributed by atoms with Gasteiger partial charge in [-0.15, -0.1) is 35.3 Å². The molecule has 1 aliphatic heterocycles. The Morgan fingerprint density at radius 2 is 2.08 bits per heavy atom. The molecule has 0 aromatic carbocycles. The number of aliphatic imine (C=N–C) groups is 1. The molecule has 0 radical (unpaired) electrons. The molecule has 0 bridgehead atoms. The van der Waals surface area contributed by atoms with Gasteiger partial charge in [-0.3, -0.25) is 4.90 Å². The molecule has 0 amide bonds. The van der Waals surface area contributed by atoms with Crippen molar-refractivity contribution >= 4 is 41.3 Å². The number of ether oxygens (including phenoxy) is 1. The van der Waals surface area contributed by atoms with Gasteiger partial charge in [-0.05, 0) is 19.8 Å². The van der Waals surface area contributed by atoms with Gasteiger partial charge >= 0.3 is 0 Å². The molecule has 2 N–H and O–H groups in total. The van der Waals surface area contributed by atoms with Gasteiger partial charge in [-0.1, -0.05) is 13.8 Å². The van der Waals surface area contributed by atoms with Gasteiger partial charge in [0.1, 0.15) is 5.01 Å². The van der Waals surface area contributed by atoms with Crippen molar-refractivity contribution in [1.82, 2.24) is 20.5 Å². The highest BCUT2D eigenvalue weighted by Gasteiger charge is 2.23. The Labute approximate surface area is 172 Å². The fraction of sp³-hybridized carbons (Fsp3) is 0.765. The Morgan fingerprint density at radius 1 is 1.36 bits per heavy atom. The van der Waals surface area contributed by atoms with Crippen molar-refractivity contribution in [3.05, 3.63) is 16.1 Å². The van der Waals surface area contributed by atoms with Crippen LogP contribution in [0, 0.1) is 12.8 Å². The Balaban J connectivity index is 0.00000312. The molecule has 1 aromatic rings. The average Bonchev–Trinajstić information content (AvgIpc) is 2.99. The quantitative estimate of drug-likeness (QED) is 0.356. The summed E-state index contributed by atoms with van der Waals surface area (Å²) in [5.41, 5.74) is 0. The van der Waals surface area contributed by atoms with E-state index in [2.05, 4.69) is 53.2 Å². The third-order valence-electron chi connectivity index (χ3n) is 4.15. The Hall–Kier alpha value is -0.450. The summed E-state index contributed by atoms with van der Waals surface area (Å²) in [6, 6.07) is 0.486. The van der Waals surface area contributed by atoms with E-state index in [9.17, 15) is 0 Å². The number of aryl methyl sites for hydroxylation is 1. The van der Waals surface area contributed by atoms with E-state index in [0.29, 0.717) is 18.5 Å². The first-order chi connectivity index (χ1) is 11.6. The minimum Gasteiger partial charge on any atom is -0.379 e. The van der Waals surface area contributed by atoms with Gasteiger partial charge < -0.3 is 15.4 Å². The Bertz CT molecular complexity index is 517. The van der Waals surface area contributed by atoms with E-state index in [1.54, 1.807) is 11.3 Å². The van der Waals surface area contributed by atoms with E-state index in [-0.39, 0.29) is 24.0 Å². The fourth-order valence-electron chi connectivity index (χ4n) is 2.86. The van der Waals surface area contributed by atoms with Crippen molar-refractivity contribution < 1.29 is 4.74 Å². The molecule has 0 aliphatic carbocycles. The first-order valence-corrected chi connectivity index (χ1v) is 9.67. The lowest BCUT2D eigenvalue weighted by atomic mass is 10.0. The van der Waals surface area contributed by atoms with Gasteiger partial charge in [0.15, 0.2) is 5.96 Å². The number of rotatable bonds is 7. The number of halogens is 1. The molecule has 1 unspecified atom stereocenters. The van der Waals surface area contributed by atoms with E-state index in [1.807, 2.05) is 6.20 Å². The molecular formula is C17H32IN5OS. The van der Waals surface area contributed by atoms with Crippen LogP contribution < -0.4 is 10.6 Å². The van der Waals surface area contributed by atoms with Gasteiger partial charge in [0.2, 0.25) is 0 Å². The van der Waals surface area contributed by atoms with Gasteiger partial charge in [0.25, 0.3) is 0 Å². The average molecular weight is 481 g/mol. The van der Waals surface area contributed by atoms with Crippen molar-refractivity contribution in [1.29, 1.82) is 0 Å². The standard InChI is InChI=1S/C17H31N5OS.HI/c1-5-18-17(21-12-16-19-10-14(4)24-16)20-11-15(13(2)3)22-6-8-23-9-7-22;/h10,13,15H,5-9,11-12H2,1-4H3,(H2,18,20,21);1H. The van der Waals surface area contributed by atoms with Gasteiger partial charge in [0.05, 0.1) is 19.8 Å². The van der Waals surface area contributed by atoms with Crippen LogP contribution in [0.5, 0.6) is 0 Å². The molecule has 144 valence electrons. The van der Waals surface area contributed by atoms with Crippen molar-refractivity contribution in [2.24, 2.45) is 10.9 Å². The molecule has 6 nitrogen and oxygen atoms in total. The van der Waals surface area contributed by atoms with Gasteiger partial charge in [0, 0.05) is 43.3 Å². The third kappa shape index (κ3) is 7.76. The number of morpholine rings is 1. The largest absolute Gasteiger partial charge is 0.379 e. The molecule has 0 saturated carbocycles. The second-order valence-electron chi connectivity index (χ2n) is 6.40. The predicted molar refractivity (Wildman–Crippen MR) is 116 cm³/mol. The second-order valence-corrected chi connectivity index (χ2v) is 7.72. The van der Waals surface area contributed by atoms with Crippen LogP contribution in [0.15, 0.2) is 11.2 Å². The Kier molecular flexibility index (Phi) is 10.9. The topological polar surface area (TPSA) is 61.8 Å². The highest BCUT2D eigenvalue weighted by atomic mass is 127. The van der Waals surface area contributed by atoms with E-state index in [1.165, 1.54) is 4.88 Å². The van der Waals surface area contributed by atoms with E-state index in [4.69, 9.17) is 4.74 Å². The maximum Gasteiger partial charge on any atom is 0.191 e. The molecule has 2 heterocycles. The molecule has 2 rings (SSSR count). The van der Waals surface area contributed by atoms with Crippen LogP contribution >= 0.6 is 35.3 Å². The highest BCUT2D eigenvalue weighted by Crippen LogP contribution is 2.13. The molecule has 0 spiro atoms. The van der Waals surface area contributed by atoms with Crippen LogP contribution in [-0.2, 0) is 11.3 Å². The van der Waals surface area contributed by atoms with Crippen LogP contribution in [0.4, 0.5) is 0 Å². The zero-order chi connectivity index (χ0) is 17.4. The summed E-state index contributed by atoms with van der Waals surface area (Å²) in [6.45, 7) is 14.8. The number of hydrogen-bond donors (Lipinski definition) is 2. The molecule has 8 heteroatoms. The highest BCUT2D eigenvalue weighted by molar-refractivity contribution is 14.0. The lowest BCUT2D eigenvalue weighted by molar-refractivity contribution is 0.00752. The maximum atomic E-state index is 5.48. The summed E-state index contributed by atoms with van der Waals surface area (Å²) in [7, 11) is 0. The lowest BCUT2D eigenvalue weighted by Crippen LogP contribution is -2.52. The summed E-state index contributed by atoms with van der Waals surface area (Å²) in [4.78, 5) is 12.8. The van der Waals surface area contributed by atoms with Gasteiger partial charge in [-0.25, -0.2) is 9.98 Å². The molecular weight excluding hydrogens is 449 g/mol. The lowest BCUT2D eigenvalue weighted by Gasteiger charge is -2.37. The van der Waals surface area contributed by atoms with E-state index in [0.717, 1.165) is 50.4 Å². The number of nitrogens with one attached hydrogen (secondary N) is 2. The second kappa shape index (κ2) is 12.0. The number of nitrogens with zero attached hydrogens (tertiary/aromatic N) is 3. The minimum atomic E-state index is 0. The third-order valence-corrected chi connectivity index (χ3v) is 5.05. The molecule has 1 aliphatic rings. The SMILES string of the molecule is CCNC(=NCc1ncc(C)s1)NCC(C(C)C)N1CCOCC1.I. The number of thiazole rings is 1. The van der Waals surface area contributed by atoms with E-state index >= 15 is 0 Å². The zero-order valence-electron chi connectivity index (χ0n) is 15.7. The maximum absolute atomic E-state index is 5.48. The zero-order valence-corrected chi connectivity index (χ0v) is 18.9. The van der Waals surface area contributed by atoms with Crippen molar-refractivity contribution in [2.45, 2.75) is 40.3 Å². The molecule has 1 atom stereocenters. The summed E-state index contributed by atoms with van der Waals surface area (Å²) in [5.74, 6) is 1.45. The van der Waals surface area contributed by atoms with Crippen LogP contribution in [0.2, 0.25) is 0 Å². The molecule has 1 fully saturated rings. The fourth-order valence-corrected chi connectivity index (χ4v) is 3.57. The molecule has 1 aromatic heterocycles. The van der Waals surface area contributed by atoms with Crippen LogP contribution in [0.25, 0.3) is 0 Å². The number of aromatic nitrogens is 1. The van der Waals surface area contributed by atoms with Crippen molar-refractivity contribution in [2.75, 3.05) is 39.4 Å². The summed E-state index contributed by atoms with van der Waals surface area (Å²) in [6.07, 6.45) is 1.91. The smallest absolute Gasteiger partial charge is 0.191 e. The normalized spacial score (nSPS) is 17.2. The van der Waals surface area contributed by atoms with Crippen molar-refractivity contribution in [3.63, 3.8) is 0 Å². The summed E-state index contributed by atoms with van der Waals surface area (Å²) in [5, 5.41) is 7.89. The van der Waals surface area contributed by atoms with Gasteiger partial charge in [-0.2, -0.15) is 0 Å². The first-order valence-electron chi connectivity index (χ1n) is 8.85. The van der Waals surface area contributed by atoms with Crippen LogP contribution in [-0.4, -0.2) is 61.3 Å². The van der Waals surface area contributed by atoms with Crippen LogP contribution in [0.1, 0.15) is 30.7 Å². The summed E-state index contributed by atoms with van der Waals surface area (Å²) >= 11 is 1.70. The minimum absolute atomic E-state index is 0. The first kappa shape index (κ1) is 22.6. The Morgan fingerprint density at radius 3 is 2.64 bits per heavy atom. The van der Waals surface area contributed by atoms with Crippen molar-refractivity contribution in [3.8, 4) is 0 Å². The summed E-state index contributed by atoms with van der Waals surface area (Å²) < 4.78 is 5.48. The number of hydrogen-bond acceptors (Lipinski definition) is 5. The molecule has 1 saturated heterocycles. The number of guanidine groups is 1. The van der Waals surface area contributed by atoms with Crippen LogP contribution in [0.3, 0.4) is 0 Å². The predicted octanol–water partition coefficient (Wildman–Crippen LogP) is 2.48. The molecule has 25 heavy (non-hydrogen) atoms. The monoisotopic (exact) mass is 481 g/mol.